The molecule has 0 saturated heterocycles. The predicted octanol–water partition coefficient (Wildman–Crippen LogP) is 3.28. The van der Waals surface area contributed by atoms with Gasteiger partial charge in [-0.15, -0.1) is 0 Å². The van der Waals surface area contributed by atoms with Crippen molar-refractivity contribution in [1.29, 1.82) is 0 Å². The SMILES string of the molecule is COc1ccc(OC)c(C(=O)C2CC2c2ccc(OC)c(N)c2)c1. The van der Waals surface area contributed by atoms with E-state index in [9.17, 15) is 4.79 Å². The van der Waals surface area contributed by atoms with Gasteiger partial charge in [0.25, 0.3) is 0 Å². The highest BCUT2D eigenvalue weighted by Gasteiger charge is 2.45. The Hall–Kier alpha value is -2.69. The Bertz CT molecular complexity index is 772. The van der Waals surface area contributed by atoms with Gasteiger partial charge < -0.3 is 19.9 Å². The number of methoxy groups -OCH3 is 3. The van der Waals surface area contributed by atoms with Crippen molar-refractivity contribution in [1.82, 2.24) is 0 Å². The zero-order valence-corrected chi connectivity index (χ0v) is 14.0. The summed E-state index contributed by atoms with van der Waals surface area (Å²) in [6.45, 7) is 0. The fraction of sp³-hybridized carbons (Fsp3) is 0.316. The van der Waals surface area contributed by atoms with Crippen molar-refractivity contribution in [3.05, 3.63) is 47.5 Å². The molecule has 2 atom stereocenters. The summed E-state index contributed by atoms with van der Waals surface area (Å²) >= 11 is 0. The molecule has 126 valence electrons. The maximum atomic E-state index is 12.9. The number of carbonyl (C=O) groups is 1. The highest BCUT2D eigenvalue weighted by Crippen LogP contribution is 2.51. The molecule has 1 saturated carbocycles. The largest absolute Gasteiger partial charge is 0.497 e. The van der Waals surface area contributed by atoms with Crippen LogP contribution >= 0.6 is 0 Å². The van der Waals surface area contributed by atoms with Gasteiger partial charge in [-0.05, 0) is 48.2 Å². The molecule has 5 heteroatoms. The number of anilines is 1. The molecule has 1 aliphatic carbocycles. The van der Waals surface area contributed by atoms with Crippen molar-refractivity contribution < 1.29 is 19.0 Å². The fourth-order valence-electron chi connectivity index (χ4n) is 3.04. The second kappa shape index (κ2) is 6.43. The number of hydrogen-bond donors (Lipinski definition) is 1. The van der Waals surface area contributed by atoms with Gasteiger partial charge in [0.2, 0.25) is 0 Å². The molecule has 0 heterocycles. The van der Waals surface area contributed by atoms with Crippen LogP contribution in [0, 0.1) is 5.92 Å². The summed E-state index contributed by atoms with van der Waals surface area (Å²) < 4.78 is 15.7. The van der Waals surface area contributed by atoms with Crippen LogP contribution in [0.1, 0.15) is 28.3 Å². The Kier molecular flexibility index (Phi) is 4.34. The van der Waals surface area contributed by atoms with E-state index in [-0.39, 0.29) is 17.6 Å². The third kappa shape index (κ3) is 2.89. The molecule has 1 fully saturated rings. The van der Waals surface area contributed by atoms with Crippen LogP contribution in [0.2, 0.25) is 0 Å². The summed E-state index contributed by atoms with van der Waals surface area (Å²) in [7, 11) is 4.73. The maximum absolute atomic E-state index is 12.9. The van der Waals surface area contributed by atoms with Crippen molar-refractivity contribution in [2.75, 3.05) is 27.1 Å². The lowest BCUT2D eigenvalue weighted by molar-refractivity contribution is 0.0962. The number of benzene rings is 2. The number of Topliss-reactive ketones (excluding diaryl/α,β-unsaturated/α-hetero) is 1. The average molecular weight is 327 g/mol. The number of carbonyl (C=O) groups excluding carboxylic acids is 1. The zero-order valence-electron chi connectivity index (χ0n) is 14.0. The lowest BCUT2D eigenvalue weighted by atomic mass is 10.0. The van der Waals surface area contributed by atoms with E-state index in [0.29, 0.717) is 28.5 Å². The molecular formula is C19H21NO4. The van der Waals surface area contributed by atoms with E-state index in [1.807, 2.05) is 18.2 Å². The predicted molar refractivity (Wildman–Crippen MR) is 92.1 cm³/mol. The van der Waals surface area contributed by atoms with Crippen molar-refractivity contribution in [2.45, 2.75) is 12.3 Å². The standard InChI is InChI=1S/C19H21NO4/c1-22-12-5-7-17(23-2)15(9-12)19(21)14-10-13(14)11-4-6-18(24-3)16(20)8-11/h4-9,13-14H,10,20H2,1-3H3. The van der Waals surface area contributed by atoms with Crippen LogP contribution in [0.25, 0.3) is 0 Å². The van der Waals surface area contributed by atoms with Crippen LogP contribution in [-0.2, 0) is 0 Å². The van der Waals surface area contributed by atoms with Crippen LogP contribution in [0.15, 0.2) is 36.4 Å². The Balaban J connectivity index is 1.82. The molecule has 0 aliphatic heterocycles. The van der Waals surface area contributed by atoms with E-state index in [1.165, 1.54) is 0 Å². The molecule has 2 aromatic rings. The van der Waals surface area contributed by atoms with Crippen molar-refractivity contribution >= 4 is 11.5 Å². The summed E-state index contributed by atoms with van der Waals surface area (Å²) in [4.78, 5) is 12.9. The van der Waals surface area contributed by atoms with Crippen LogP contribution in [-0.4, -0.2) is 27.1 Å². The first-order chi connectivity index (χ1) is 11.6. The number of nitrogens with two attached hydrogens (primary N) is 1. The number of nitrogen functional groups attached to an aromatic ring is 1. The molecule has 2 N–H and O–H groups in total. The van der Waals surface area contributed by atoms with Crippen molar-refractivity contribution in [3.63, 3.8) is 0 Å². The van der Waals surface area contributed by atoms with Crippen LogP contribution < -0.4 is 19.9 Å². The van der Waals surface area contributed by atoms with Gasteiger partial charge in [0.1, 0.15) is 17.2 Å². The first-order valence-electron chi connectivity index (χ1n) is 7.78. The van der Waals surface area contributed by atoms with E-state index < -0.39 is 0 Å². The highest BCUT2D eigenvalue weighted by atomic mass is 16.5. The molecule has 0 spiro atoms. The van der Waals surface area contributed by atoms with Crippen LogP contribution in [0.3, 0.4) is 0 Å². The molecule has 5 nitrogen and oxygen atoms in total. The van der Waals surface area contributed by atoms with Crippen molar-refractivity contribution in [3.8, 4) is 17.2 Å². The molecule has 1 aliphatic rings. The first kappa shape index (κ1) is 16.2. The fourth-order valence-corrected chi connectivity index (χ4v) is 3.04. The van der Waals surface area contributed by atoms with Crippen molar-refractivity contribution in [2.24, 2.45) is 5.92 Å². The molecule has 2 unspecified atom stereocenters. The minimum Gasteiger partial charge on any atom is -0.497 e. The number of ketones is 1. The van der Waals surface area contributed by atoms with E-state index in [0.717, 1.165) is 12.0 Å². The summed E-state index contributed by atoms with van der Waals surface area (Å²) in [6, 6.07) is 11.0. The molecule has 0 bridgehead atoms. The van der Waals surface area contributed by atoms with Crippen LogP contribution in [0.5, 0.6) is 17.2 Å². The molecule has 0 aromatic heterocycles. The first-order valence-corrected chi connectivity index (χ1v) is 7.78. The normalized spacial score (nSPS) is 18.8. The quantitative estimate of drug-likeness (QED) is 0.651. The van der Waals surface area contributed by atoms with Crippen LogP contribution in [0.4, 0.5) is 5.69 Å². The van der Waals surface area contributed by atoms with Gasteiger partial charge in [-0.2, -0.15) is 0 Å². The van der Waals surface area contributed by atoms with Gasteiger partial charge in [0.05, 0.1) is 32.6 Å². The van der Waals surface area contributed by atoms with Gasteiger partial charge in [0, 0.05) is 5.92 Å². The average Bonchev–Trinajstić information content (AvgIpc) is 3.41. The second-order valence-electron chi connectivity index (χ2n) is 5.88. The third-order valence-electron chi connectivity index (χ3n) is 4.48. The lowest BCUT2D eigenvalue weighted by Crippen LogP contribution is -2.06. The minimum absolute atomic E-state index is 0.0567. The monoisotopic (exact) mass is 327 g/mol. The van der Waals surface area contributed by atoms with E-state index in [4.69, 9.17) is 19.9 Å². The summed E-state index contributed by atoms with van der Waals surface area (Å²) in [5, 5.41) is 0. The third-order valence-corrected chi connectivity index (χ3v) is 4.48. The summed E-state index contributed by atoms with van der Waals surface area (Å²) in [6.07, 6.45) is 0.810. The number of ether oxygens (including phenoxy) is 3. The summed E-state index contributed by atoms with van der Waals surface area (Å²) in [5.41, 5.74) is 8.18. The number of hydrogen-bond acceptors (Lipinski definition) is 5. The molecule has 24 heavy (non-hydrogen) atoms. The molecular weight excluding hydrogens is 306 g/mol. The topological polar surface area (TPSA) is 70.8 Å². The molecule has 2 aromatic carbocycles. The molecule has 0 radical (unpaired) electrons. The van der Waals surface area contributed by atoms with E-state index >= 15 is 0 Å². The Morgan fingerprint density at radius 3 is 2.33 bits per heavy atom. The van der Waals surface area contributed by atoms with Gasteiger partial charge in [0.15, 0.2) is 5.78 Å². The highest BCUT2D eigenvalue weighted by molar-refractivity contribution is 6.03. The Morgan fingerprint density at radius 2 is 1.71 bits per heavy atom. The molecule has 0 amide bonds. The number of rotatable bonds is 6. The lowest BCUT2D eigenvalue weighted by Gasteiger charge is -2.10. The Labute approximate surface area is 141 Å². The van der Waals surface area contributed by atoms with Gasteiger partial charge in [-0.3, -0.25) is 4.79 Å². The van der Waals surface area contributed by atoms with Gasteiger partial charge >= 0.3 is 0 Å². The zero-order chi connectivity index (χ0) is 17.3. The van der Waals surface area contributed by atoms with E-state index in [1.54, 1.807) is 39.5 Å². The van der Waals surface area contributed by atoms with Gasteiger partial charge in [-0.1, -0.05) is 6.07 Å². The van der Waals surface area contributed by atoms with E-state index in [2.05, 4.69) is 0 Å². The molecule has 3 rings (SSSR count). The smallest absolute Gasteiger partial charge is 0.170 e. The minimum atomic E-state index is -0.0567. The Morgan fingerprint density at radius 1 is 1.00 bits per heavy atom. The maximum Gasteiger partial charge on any atom is 0.170 e. The second-order valence-corrected chi connectivity index (χ2v) is 5.88. The summed E-state index contributed by atoms with van der Waals surface area (Å²) in [5.74, 6) is 2.06. The van der Waals surface area contributed by atoms with Gasteiger partial charge in [-0.25, -0.2) is 0 Å².